The second kappa shape index (κ2) is 11.8. The van der Waals surface area contributed by atoms with Crippen molar-refractivity contribution in [1.29, 1.82) is 0 Å². The van der Waals surface area contributed by atoms with Crippen LogP contribution in [0.15, 0.2) is 0 Å². The summed E-state index contributed by atoms with van der Waals surface area (Å²) in [6, 6.07) is 0. The Balaban J connectivity index is 1.41. The molecule has 0 bridgehead atoms. The third kappa shape index (κ3) is 6.21. The Hall–Kier alpha value is -0.500. The Bertz CT molecular complexity index is 875. The Morgan fingerprint density at radius 3 is 2.34 bits per heavy atom. The van der Waals surface area contributed by atoms with E-state index in [9.17, 15) is 9.36 Å². The third-order valence-electron chi connectivity index (χ3n) is 11.4. The average molecular weight is 559 g/mol. The lowest BCUT2D eigenvalue weighted by atomic mass is 9.43. The van der Waals surface area contributed by atoms with E-state index in [0.717, 1.165) is 12.8 Å². The lowest BCUT2D eigenvalue weighted by Crippen LogP contribution is -2.59. The monoisotopic (exact) mass is 558 g/mol. The van der Waals surface area contributed by atoms with Gasteiger partial charge in [0.05, 0.1) is 18.3 Å². The predicted molar refractivity (Wildman–Crippen MR) is 144 cm³/mol. The van der Waals surface area contributed by atoms with Gasteiger partial charge < -0.3 is 24.0 Å². The van der Waals surface area contributed by atoms with Crippen LogP contribution in [0.3, 0.4) is 0 Å². The van der Waals surface area contributed by atoms with Crippen molar-refractivity contribution in [3.05, 3.63) is 0 Å². The van der Waals surface area contributed by atoms with E-state index in [1.165, 1.54) is 38.5 Å². The van der Waals surface area contributed by atoms with Gasteiger partial charge in [-0.15, -0.1) is 0 Å². The SMILES string of the molecule is COC1CC2CC(OC(C)C)CCC2(C)C2CCC3(C)C(C(C)CCC(=O)OCOP(=O)(O)O)CCC3C12. The smallest absolute Gasteiger partial charge is 0.438 e. The van der Waals surface area contributed by atoms with Gasteiger partial charge in [0, 0.05) is 13.5 Å². The van der Waals surface area contributed by atoms with Gasteiger partial charge in [-0.1, -0.05) is 20.8 Å². The van der Waals surface area contributed by atoms with Crippen LogP contribution in [0.1, 0.15) is 98.8 Å². The molecule has 8 nitrogen and oxygen atoms in total. The average Bonchev–Trinajstić information content (AvgIpc) is 3.18. The lowest BCUT2D eigenvalue weighted by molar-refractivity contribution is -0.187. The number of esters is 1. The zero-order valence-corrected chi connectivity index (χ0v) is 25.2. The van der Waals surface area contributed by atoms with E-state index in [1.54, 1.807) is 0 Å². The van der Waals surface area contributed by atoms with Crippen LogP contribution >= 0.6 is 7.82 Å². The van der Waals surface area contributed by atoms with Gasteiger partial charge in [-0.05, 0) is 118 Å². The maximum atomic E-state index is 12.2. The van der Waals surface area contributed by atoms with Gasteiger partial charge in [-0.3, -0.25) is 4.79 Å². The molecule has 0 aromatic heterocycles. The van der Waals surface area contributed by atoms with Crippen molar-refractivity contribution in [2.24, 2.45) is 46.3 Å². The van der Waals surface area contributed by atoms with Gasteiger partial charge in [0.25, 0.3) is 0 Å². The first-order valence-corrected chi connectivity index (χ1v) is 16.4. The summed E-state index contributed by atoms with van der Waals surface area (Å²) in [6.45, 7) is 10.9. The molecule has 0 aliphatic heterocycles. The van der Waals surface area contributed by atoms with Crippen LogP contribution < -0.4 is 0 Å². The molecule has 4 aliphatic rings. The van der Waals surface area contributed by atoms with Crippen LogP contribution in [0.4, 0.5) is 0 Å². The Morgan fingerprint density at radius 1 is 1.00 bits per heavy atom. The molecule has 10 unspecified atom stereocenters. The Morgan fingerprint density at radius 2 is 1.68 bits per heavy atom. The van der Waals surface area contributed by atoms with Crippen molar-refractivity contribution >= 4 is 13.8 Å². The molecule has 0 radical (unpaired) electrons. The molecule has 38 heavy (non-hydrogen) atoms. The number of phosphoric acid groups is 1. The van der Waals surface area contributed by atoms with Crippen molar-refractivity contribution in [3.63, 3.8) is 0 Å². The molecule has 10 atom stereocenters. The second-order valence-corrected chi connectivity index (χ2v) is 14.8. The highest BCUT2D eigenvalue weighted by molar-refractivity contribution is 7.46. The van der Waals surface area contributed by atoms with Crippen molar-refractivity contribution in [2.45, 2.75) is 117 Å². The van der Waals surface area contributed by atoms with Gasteiger partial charge >= 0.3 is 13.8 Å². The summed E-state index contributed by atoms with van der Waals surface area (Å²) < 4.78 is 32.5. The van der Waals surface area contributed by atoms with Crippen LogP contribution in [-0.2, 0) is 28.1 Å². The van der Waals surface area contributed by atoms with E-state index in [-0.39, 0.29) is 17.9 Å². The Kier molecular flexibility index (Phi) is 9.44. The fourth-order valence-corrected chi connectivity index (χ4v) is 9.86. The summed E-state index contributed by atoms with van der Waals surface area (Å²) in [5, 5.41) is 0. The summed E-state index contributed by atoms with van der Waals surface area (Å²) in [5.41, 5.74) is 0.604. The second-order valence-electron chi connectivity index (χ2n) is 13.6. The molecule has 4 saturated carbocycles. The highest BCUT2D eigenvalue weighted by Gasteiger charge is 2.63. The molecule has 220 valence electrons. The van der Waals surface area contributed by atoms with E-state index >= 15 is 0 Å². The highest BCUT2D eigenvalue weighted by Crippen LogP contribution is 2.68. The van der Waals surface area contributed by atoms with Crippen LogP contribution in [0.5, 0.6) is 0 Å². The largest absolute Gasteiger partial charge is 0.472 e. The minimum absolute atomic E-state index is 0.231. The molecule has 0 aromatic carbocycles. The first-order chi connectivity index (χ1) is 17.8. The van der Waals surface area contributed by atoms with Gasteiger partial charge in [0.1, 0.15) is 0 Å². The summed E-state index contributed by atoms with van der Waals surface area (Å²) in [4.78, 5) is 29.7. The van der Waals surface area contributed by atoms with E-state index in [0.29, 0.717) is 59.6 Å². The van der Waals surface area contributed by atoms with Crippen LogP contribution in [0.25, 0.3) is 0 Å². The molecule has 0 aromatic rings. The summed E-state index contributed by atoms with van der Waals surface area (Å²) in [6.07, 6.45) is 11.5. The molecule has 9 heteroatoms. The molecule has 4 aliphatic carbocycles. The van der Waals surface area contributed by atoms with Crippen molar-refractivity contribution in [2.75, 3.05) is 13.9 Å². The number of carbonyl (C=O) groups is 1. The molecule has 0 amide bonds. The first kappa shape index (κ1) is 30.5. The maximum Gasteiger partial charge on any atom is 0.472 e. The molecule has 0 saturated heterocycles. The summed E-state index contributed by atoms with van der Waals surface area (Å²) in [5.74, 6) is 3.03. The van der Waals surface area contributed by atoms with Crippen molar-refractivity contribution in [3.8, 4) is 0 Å². The number of fused-ring (bicyclic) bond motifs is 5. The number of methoxy groups -OCH3 is 1. The number of phosphoric ester groups is 1. The van der Waals surface area contributed by atoms with Gasteiger partial charge in [-0.2, -0.15) is 0 Å². The van der Waals surface area contributed by atoms with Crippen LogP contribution in [0, 0.1) is 46.3 Å². The highest BCUT2D eigenvalue weighted by atomic mass is 31.2. The fourth-order valence-electron chi connectivity index (χ4n) is 9.67. The standard InChI is InChI=1S/C29H51O8P/c1-18(2)37-21-11-13-28(4)20(15-21)16-25(34-6)27-23-9-8-22(29(23,5)14-12-24(27)28)19(3)7-10-26(30)35-17-36-38(31,32)33/h18-25,27H,7-17H2,1-6H3,(H2,31,32,33). The van der Waals surface area contributed by atoms with Crippen molar-refractivity contribution < 1.29 is 37.9 Å². The molecule has 4 rings (SSSR count). The lowest BCUT2D eigenvalue weighted by Gasteiger charge is -2.63. The van der Waals surface area contributed by atoms with Gasteiger partial charge in [0.2, 0.25) is 6.79 Å². The minimum atomic E-state index is -4.64. The molecular formula is C29H51O8P. The molecule has 0 spiro atoms. The maximum absolute atomic E-state index is 12.2. The predicted octanol–water partition coefficient (Wildman–Crippen LogP) is 6.09. The van der Waals surface area contributed by atoms with E-state index < -0.39 is 20.6 Å². The van der Waals surface area contributed by atoms with E-state index in [1.807, 2.05) is 7.11 Å². The van der Waals surface area contributed by atoms with Crippen LogP contribution in [0.2, 0.25) is 0 Å². The summed E-state index contributed by atoms with van der Waals surface area (Å²) >= 11 is 0. The molecular weight excluding hydrogens is 507 g/mol. The number of rotatable bonds is 10. The zero-order valence-electron chi connectivity index (χ0n) is 24.3. The topological polar surface area (TPSA) is 112 Å². The number of hydrogen-bond acceptors (Lipinski definition) is 6. The fraction of sp³-hybridized carbons (Fsp3) is 0.966. The number of carbonyl (C=O) groups excluding carboxylic acids is 1. The normalized spacial score (nSPS) is 41.8. The van der Waals surface area contributed by atoms with Gasteiger partial charge in [0.15, 0.2) is 0 Å². The quantitative estimate of drug-likeness (QED) is 0.188. The van der Waals surface area contributed by atoms with E-state index in [4.69, 9.17) is 24.0 Å². The zero-order chi connectivity index (χ0) is 27.9. The first-order valence-electron chi connectivity index (χ1n) is 14.8. The number of ether oxygens (including phenoxy) is 3. The van der Waals surface area contributed by atoms with Crippen molar-refractivity contribution in [1.82, 2.24) is 0 Å². The Labute approximate surface area is 229 Å². The molecule has 4 fully saturated rings. The minimum Gasteiger partial charge on any atom is -0.438 e. The van der Waals surface area contributed by atoms with E-state index in [2.05, 4.69) is 39.1 Å². The van der Waals surface area contributed by atoms with Gasteiger partial charge in [-0.25, -0.2) is 9.09 Å². The third-order valence-corrected chi connectivity index (χ3v) is 11.8. The summed E-state index contributed by atoms with van der Waals surface area (Å²) in [7, 11) is -2.72. The number of hydrogen-bond donors (Lipinski definition) is 2. The van der Waals surface area contributed by atoms with Crippen LogP contribution in [-0.4, -0.2) is 48.0 Å². The molecule has 2 N–H and O–H groups in total. The molecule has 0 heterocycles.